The van der Waals surface area contributed by atoms with Gasteiger partial charge in [-0.15, -0.1) is 0 Å². The molecular weight excluding hydrogens is 983 g/mol. The topological polar surface area (TPSA) is 198 Å². The summed E-state index contributed by atoms with van der Waals surface area (Å²) in [4.78, 5) is 72.9. The highest BCUT2D eigenvalue weighted by Crippen LogP contribution is 2.44. The van der Waals surface area contributed by atoms with Gasteiger partial charge in [0.15, 0.2) is 0 Å². The summed E-state index contributed by atoms with van der Waals surface area (Å²) in [6, 6.07) is 40.8. The van der Waals surface area contributed by atoms with Crippen LogP contribution in [0.5, 0.6) is 0 Å². The van der Waals surface area contributed by atoms with E-state index in [0.717, 1.165) is 77.5 Å². The molecule has 3 aliphatic carbocycles. The van der Waals surface area contributed by atoms with Crippen LogP contribution in [0.3, 0.4) is 0 Å². The summed E-state index contributed by atoms with van der Waals surface area (Å²) in [5.74, 6) is 0.254. The Bertz CT molecular complexity index is 3040. The van der Waals surface area contributed by atoms with Crippen LogP contribution in [0.4, 0.5) is 10.1 Å². The van der Waals surface area contributed by atoms with Gasteiger partial charge in [-0.25, -0.2) is 9.07 Å². The number of nitrogens with one attached hydrogen (secondary N) is 4. The molecule has 0 radical (unpaired) electrons. The number of hydrogen-bond donors (Lipinski definition) is 5. The number of benzene rings is 5. The lowest BCUT2D eigenvalue weighted by molar-refractivity contribution is -0.124. The first kappa shape index (κ1) is 55.0. The van der Waals surface area contributed by atoms with Gasteiger partial charge >= 0.3 is 0 Å². The number of nitrogens with two attached hydrogens (primary N) is 1. The number of rotatable bonds is 10. The fraction of sp³-hybridized carbons (Fsp3) is 0.383. The number of halogens is 2. The van der Waals surface area contributed by atoms with Crippen molar-refractivity contribution in [2.24, 2.45) is 23.5 Å². The molecule has 398 valence electrons. The van der Waals surface area contributed by atoms with Gasteiger partial charge in [0.05, 0.1) is 52.5 Å². The molecule has 6 atom stereocenters. The van der Waals surface area contributed by atoms with Crippen molar-refractivity contribution in [3.63, 3.8) is 0 Å². The number of amides is 5. The molecule has 6 fully saturated rings. The Morgan fingerprint density at radius 2 is 1.09 bits per heavy atom. The SMILES string of the molecule is CC.C[C@@]1(c2ccccc2)[C@@H](NC(=O)C2CC2)CC(=O)N1c1ccc2c(cnn2-c2ccc(F)cc2)c1.C[C@]1(c2ccccc2)NC(=O)C[C@@H]1N.C[C@]1(c2ccccc2)NC(=O)C[C@@H]1NC(=O)C1CC1.O=C(Cl)C1CC1. The molecule has 0 unspecified atom stereocenters. The van der Waals surface area contributed by atoms with E-state index in [1.165, 1.54) is 12.1 Å². The monoisotopic (exact) mass is 1050 g/mol. The van der Waals surface area contributed by atoms with Gasteiger partial charge in [0.2, 0.25) is 34.8 Å². The average Bonchev–Trinajstić information content (AvgIpc) is 4.35. The highest BCUT2D eigenvalue weighted by molar-refractivity contribution is 6.64. The van der Waals surface area contributed by atoms with Crippen LogP contribution >= 0.6 is 11.6 Å². The lowest BCUT2D eigenvalue weighted by Crippen LogP contribution is -2.53. The van der Waals surface area contributed by atoms with Crippen LogP contribution in [-0.2, 0) is 45.4 Å². The molecule has 0 bridgehead atoms. The molecule has 5 aromatic carbocycles. The first-order chi connectivity index (χ1) is 36.5. The molecule has 16 heteroatoms. The van der Waals surface area contributed by atoms with E-state index in [1.54, 1.807) is 23.0 Å². The second kappa shape index (κ2) is 23.3. The molecule has 1 aromatic heterocycles. The fourth-order valence-corrected chi connectivity index (χ4v) is 10.3. The number of anilines is 1. The molecule has 5 amide bonds. The van der Waals surface area contributed by atoms with Crippen LogP contribution in [0.15, 0.2) is 140 Å². The van der Waals surface area contributed by atoms with Crippen LogP contribution in [0.2, 0.25) is 0 Å². The standard InChI is InChI=1S/C28H25FN4O2.C15H18N2O2.C11H14N2O.C4H5ClO.C2H6/c1-28(20-5-3-2-4-6-20)25(31-27(35)18-7-8-18)16-26(34)32(28)23-13-14-24-19(15-23)17-30-33(24)22-11-9-21(29)10-12-22;1-15(11-5-3-2-4-6-11)12(9-13(18)17-15)16-14(19)10-7-8-10;1-11(8-5-3-2-4-6-8)9(12)7-10(14)13-11;5-4(6)3-1-2-3;1-2/h2-6,9-15,17-18,25H,7-8,16H2,1H3,(H,31,35);2-6,10,12H,7-9H2,1H3,(H,16,19)(H,17,18);2-6,9H,7,12H2,1H3,(H,13,14);3H,1-2H2;1-2H3/t25-,28+;12-,15+;9-,11+;;/m000../s1. The van der Waals surface area contributed by atoms with Crippen LogP contribution in [-0.4, -0.2) is 62.7 Å². The maximum Gasteiger partial charge on any atom is 0.230 e. The Kier molecular flexibility index (Phi) is 16.9. The molecule has 3 saturated carbocycles. The number of nitrogens with zero attached hydrogens (tertiary/aromatic N) is 3. The fourth-order valence-electron chi connectivity index (χ4n) is 10.1. The molecule has 6 aromatic rings. The summed E-state index contributed by atoms with van der Waals surface area (Å²) >= 11 is 5.04. The number of hydrogen-bond acceptors (Lipinski definition) is 8. The molecule has 6 N–H and O–H groups in total. The zero-order valence-corrected chi connectivity index (χ0v) is 44.5. The summed E-state index contributed by atoms with van der Waals surface area (Å²) in [5, 5.41) is 17.4. The van der Waals surface area contributed by atoms with E-state index >= 15 is 0 Å². The van der Waals surface area contributed by atoms with Crippen LogP contribution in [0.25, 0.3) is 16.6 Å². The van der Waals surface area contributed by atoms with Gasteiger partial charge in [-0.3, -0.25) is 28.8 Å². The number of fused-ring (bicyclic) bond motifs is 1. The minimum Gasteiger partial charge on any atom is -0.350 e. The largest absolute Gasteiger partial charge is 0.350 e. The van der Waals surface area contributed by atoms with E-state index in [2.05, 4.69) is 26.4 Å². The number of aromatic nitrogens is 2. The van der Waals surface area contributed by atoms with Crippen molar-refractivity contribution >= 4 is 63.0 Å². The maximum atomic E-state index is 13.5. The van der Waals surface area contributed by atoms with E-state index in [4.69, 9.17) is 17.3 Å². The quantitative estimate of drug-likeness (QED) is 0.0838. The normalized spacial score (nSPS) is 25.2. The van der Waals surface area contributed by atoms with E-state index in [1.807, 2.05) is 149 Å². The average molecular weight is 1050 g/mol. The van der Waals surface area contributed by atoms with Crippen LogP contribution in [0, 0.1) is 23.6 Å². The second-order valence-electron chi connectivity index (χ2n) is 20.7. The molecule has 12 rings (SSSR count). The Balaban J connectivity index is 0.000000155. The molecule has 4 heterocycles. The van der Waals surface area contributed by atoms with E-state index in [-0.39, 0.29) is 82.9 Å². The van der Waals surface area contributed by atoms with Crippen molar-refractivity contribution in [3.05, 3.63) is 162 Å². The zero-order chi connectivity index (χ0) is 54.4. The number of carbonyl (C=O) groups is 6. The predicted octanol–water partition coefficient (Wildman–Crippen LogP) is 8.97. The molecule has 14 nitrogen and oxygen atoms in total. The third-order valence-corrected chi connectivity index (χ3v) is 15.5. The summed E-state index contributed by atoms with van der Waals surface area (Å²) < 4.78 is 15.1. The molecular formula is C60H68ClFN8O6. The summed E-state index contributed by atoms with van der Waals surface area (Å²) in [7, 11) is 0. The predicted molar refractivity (Wildman–Crippen MR) is 292 cm³/mol. The first-order valence-corrected chi connectivity index (χ1v) is 26.8. The van der Waals surface area contributed by atoms with Gasteiger partial charge in [0, 0.05) is 47.7 Å². The molecule has 3 saturated heterocycles. The van der Waals surface area contributed by atoms with Gasteiger partial charge in [-0.2, -0.15) is 5.10 Å². The Morgan fingerprint density at radius 1 is 0.618 bits per heavy atom. The lowest BCUT2D eigenvalue weighted by atomic mass is 9.84. The van der Waals surface area contributed by atoms with E-state index in [9.17, 15) is 33.2 Å². The van der Waals surface area contributed by atoms with Crippen LogP contribution < -0.4 is 31.9 Å². The van der Waals surface area contributed by atoms with Crippen LogP contribution in [0.1, 0.15) is 109 Å². The van der Waals surface area contributed by atoms with Gasteiger partial charge in [0.1, 0.15) is 5.82 Å². The van der Waals surface area contributed by atoms with Crippen molar-refractivity contribution in [1.82, 2.24) is 31.0 Å². The Labute approximate surface area is 448 Å². The van der Waals surface area contributed by atoms with Crippen molar-refractivity contribution in [1.29, 1.82) is 0 Å². The van der Waals surface area contributed by atoms with E-state index < -0.39 is 16.6 Å². The lowest BCUT2D eigenvalue weighted by Gasteiger charge is -2.40. The summed E-state index contributed by atoms with van der Waals surface area (Å²) in [6.45, 7) is 9.97. The van der Waals surface area contributed by atoms with Crippen molar-refractivity contribution < 1.29 is 33.2 Å². The third kappa shape index (κ3) is 12.2. The van der Waals surface area contributed by atoms with Crippen molar-refractivity contribution in [3.8, 4) is 5.69 Å². The molecule has 76 heavy (non-hydrogen) atoms. The van der Waals surface area contributed by atoms with Crippen molar-refractivity contribution in [2.75, 3.05) is 4.90 Å². The smallest absolute Gasteiger partial charge is 0.230 e. The third-order valence-electron chi connectivity index (χ3n) is 15.2. The van der Waals surface area contributed by atoms with Gasteiger partial charge in [-0.05, 0) is 130 Å². The highest BCUT2D eigenvalue weighted by atomic mass is 35.5. The molecule has 3 aliphatic heterocycles. The Morgan fingerprint density at radius 3 is 1.58 bits per heavy atom. The summed E-state index contributed by atoms with van der Waals surface area (Å²) in [6.07, 6.45) is 8.54. The van der Waals surface area contributed by atoms with Gasteiger partial charge in [-0.1, -0.05) is 105 Å². The van der Waals surface area contributed by atoms with Crippen molar-refractivity contribution in [2.45, 2.75) is 127 Å². The van der Waals surface area contributed by atoms with E-state index in [0.29, 0.717) is 12.8 Å². The first-order valence-electron chi connectivity index (χ1n) is 26.4. The highest BCUT2D eigenvalue weighted by Gasteiger charge is 2.53. The second-order valence-corrected chi connectivity index (χ2v) is 21.1. The molecule has 0 spiro atoms. The minimum atomic E-state index is -0.747. The Hall–Kier alpha value is -7.23. The number of carbonyl (C=O) groups excluding carboxylic acids is 6. The summed E-state index contributed by atoms with van der Waals surface area (Å²) in [5.41, 5.74) is 9.71. The van der Waals surface area contributed by atoms with Gasteiger partial charge < -0.3 is 31.9 Å². The zero-order valence-electron chi connectivity index (χ0n) is 43.7. The maximum absolute atomic E-state index is 13.5. The molecule has 6 aliphatic rings. The van der Waals surface area contributed by atoms with Gasteiger partial charge in [0.25, 0.3) is 0 Å². The minimum absolute atomic E-state index is 0.00699.